The fourth-order valence-corrected chi connectivity index (χ4v) is 5.67. The summed E-state index contributed by atoms with van der Waals surface area (Å²) in [4.78, 5) is 0. The summed E-state index contributed by atoms with van der Waals surface area (Å²) in [5.74, 6) is 0.562. The van der Waals surface area contributed by atoms with Crippen molar-refractivity contribution in [1.29, 1.82) is 0 Å². The number of aryl methyl sites for hydroxylation is 1. The summed E-state index contributed by atoms with van der Waals surface area (Å²) in [6.45, 7) is 6.92. The van der Waals surface area contributed by atoms with Gasteiger partial charge in [0.1, 0.15) is 0 Å². The smallest absolute Gasteiger partial charge is 0.000434 e. The third-order valence-corrected chi connectivity index (χ3v) is 6.84. The molecule has 2 aliphatic carbocycles. The van der Waals surface area contributed by atoms with E-state index in [0.717, 1.165) is 12.8 Å². The van der Waals surface area contributed by atoms with E-state index in [9.17, 15) is 0 Å². The van der Waals surface area contributed by atoms with E-state index in [2.05, 4.69) is 81.4 Å². The highest BCUT2D eigenvalue weighted by Crippen LogP contribution is 2.46. The monoisotopic (exact) mass is 360 g/mol. The Hall–Kier alpha value is -2.86. The fourth-order valence-electron chi connectivity index (χ4n) is 5.67. The van der Waals surface area contributed by atoms with Gasteiger partial charge in [-0.15, -0.1) is 0 Å². The number of hydrogen-bond donors (Lipinski definition) is 0. The molecule has 0 N–H and O–H groups in total. The van der Waals surface area contributed by atoms with Crippen molar-refractivity contribution in [3.63, 3.8) is 0 Å². The van der Waals surface area contributed by atoms with Gasteiger partial charge in [0.2, 0.25) is 0 Å². The molecule has 0 radical (unpaired) electrons. The average molecular weight is 361 g/mol. The Morgan fingerprint density at radius 2 is 1.46 bits per heavy atom. The number of fused-ring (bicyclic) bond motifs is 8. The first-order valence-electron chi connectivity index (χ1n) is 10.4. The van der Waals surface area contributed by atoms with Crippen LogP contribution in [0.15, 0.2) is 60.7 Å². The van der Waals surface area contributed by atoms with E-state index in [1.165, 1.54) is 55.3 Å². The first-order chi connectivity index (χ1) is 13.6. The van der Waals surface area contributed by atoms with Crippen molar-refractivity contribution in [2.24, 2.45) is 0 Å². The lowest BCUT2D eigenvalue weighted by Crippen LogP contribution is -1.98. The predicted molar refractivity (Wildman–Crippen MR) is 119 cm³/mol. The topological polar surface area (TPSA) is 0 Å². The quantitative estimate of drug-likeness (QED) is 0.286. The predicted octanol–water partition coefficient (Wildman–Crippen LogP) is 7.41. The van der Waals surface area contributed by atoms with Crippen LogP contribution in [0, 0.1) is 6.92 Å². The molecule has 0 saturated carbocycles. The van der Waals surface area contributed by atoms with Gasteiger partial charge < -0.3 is 0 Å². The Kier molecular flexibility index (Phi) is 3.21. The van der Waals surface area contributed by atoms with Gasteiger partial charge in [-0.1, -0.05) is 68.4 Å². The maximum absolute atomic E-state index is 2.48. The first-order valence-corrected chi connectivity index (χ1v) is 10.4. The second-order valence-corrected chi connectivity index (χ2v) is 8.81. The fraction of sp³-hybridized carbons (Fsp3) is 0.214. The van der Waals surface area contributed by atoms with Crippen LogP contribution >= 0.6 is 0 Å². The lowest BCUT2D eigenvalue weighted by molar-refractivity contribution is 0.842. The molecule has 0 heteroatoms. The van der Waals surface area contributed by atoms with Gasteiger partial charge in [-0.25, -0.2) is 0 Å². The van der Waals surface area contributed by atoms with Gasteiger partial charge in [0.25, 0.3) is 0 Å². The van der Waals surface area contributed by atoms with E-state index in [4.69, 9.17) is 0 Å². The SMILES string of the molecule is Cc1ccc2c(c1C(C)C)Cc1c-2ccc2cc3c(cc12)-c1ccccc1C3. The summed E-state index contributed by atoms with van der Waals surface area (Å²) in [6.07, 6.45) is 2.13. The van der Waals surface area contributed by atoms with Crippen molar-refractivity contribution in [3.05, 3.63) is 94.0 Å². The Balaban J connectivity index is 1.61. The Bertz CT molecular complexity index is 1290. The largest absolute Gasteiger partial charge is 0.0619 e. The molecule has 0 aromatic heterocycles. The van der Waals surface area contributed by atoms with E-state index < -0.39 is 0 Å². The maximum atomic E-state index is 2.48. The minimum Gasteiger partial charge on any atom is -0.0619 e. The second-order valence-electron chi connectivity index (χ2n) is 8.81. The summed E-state index contributed by atoms with van der Waals surface area (Å²) in [6, 6.07) is 23.1. The molecule has 0 saturated heterocycles. The number of rotatable bonds is 1. The van der Waals surface area contributed by atoms with Crippen molar-refractivity contribution in [1.82, 2.24) is 0 Å². The van der Waals surface area contributed by atoms with Gasteiger partial charge in [0.05, 0.1) is 0 Å². The van der Waals surface area contributed by atoms with Gasteiger partial charge in [-0.3, -0.25) is 0 Å². The minimum atomic E-state index is 0.562. The highest BCUT2D eigenvalue weighted by atomic mass is 14.3. The summed E-state index contributed by atoms with van der Waals surface area (Å²) in [5.41, 5.74) is 14.7. The van der Waals surface area contributed by atoms with Crippen LogP contribution in [0.5, 0.6) is 0 Å². The zero-order chi connectivity index (χ0) is 19.0. The molecule has 28 heavy (non-hydrogen) atoms. The van der Waals surface area contributed by atoms with Crippen molar-refractivity contribution >= 4 is 10.8 Å². The molecule has 0 bridgehead atoms. The Morgan fingerprint density at radius 3 is 2.32 bits per heavy atom. The molecule has 4 aromatic carbocycles. The highest BCUT2D eigenvalue weighted by molar-refractivity contribution is 5.99. The van der Waals surface area contributed by atoms with Crippen LogP contribution in [0.3, 0.4) is 0 Å². The molecule has 6 rings (SSSR count). The standard InChI is InChI=1S/C28H24/c1-16(2)28-17(3)8-10-23-22-11-9-19-13-20-12-18-6-4-5-7-21(18)25(20)14-24(19)26(22)15-27(23)28/h4-11,13-14,16H,12,15H2,1-3H3. The molecule has 0 aliphatic heterocycles. The average Bonchev–Trinajstić information content (AvgIpc) is 3.23. The van der Waals surface area contributed by atoms with Crippen LogP contribution in [0.2, 0.25) is 0 Å². The summed E-state index contributed by atoms with van der Waals surface area (Å²) in [5, 5.41) is 2.83. The molecule has 4 aromatic rings. The molecular weight excluding hydrogens is 336 g/mol. The highest BCUT2D eigenvalue weighted by Gasteiger charge is 2.26. The van der Waals surface area contributed by atoms with Gasteiger partial charge >= 0.3 is 0 Å². The van der Waals surface area contributed by atoms with Crippen molar-refractivity contribution in [2.75, 3.05) is 0 Å². The van der Waals surface area contributed by atoms with Crippen LogP contribution in [0.1, 0.15) is 53.1 Å². The third-order valence-electron chi connectivity index (χ3n) is 6.84. The molecule has 0 heterocycles. The van der Waals surface area contributed by atoms with E-state index >= 15 is 0 Å². The second kappa shape index (κ2) is 5.58. The van der Waals surface area contributed by atoms with E-state index in [0.29, 0.717) is 5.92 Å². The molecule has 2 aliphatic rings. The van der Waals surface area contributed by atoms with Crippen LogP contribution in [0.25, 0.3) is 33.0 Å². The van der Waals surface area contributed by atoms with Crippen molar-refractivity contribution in [3.8, 4) is 22.3 Å². The zero-order valence-corrected chi connectivity index (χ0v) is 16.8. The molecule has 0 unspecified atom stereocenters. The molecular formula is C28H24. The van der Waals surface area contributed by atoms with Crippen molar-refractivity contribution < 1.29 is 0 Å². The molecule has 0 fully saturated rings. The lowest BCUT2D eigenvalue weighted by Gasteiger charge is -2.15. The zero-order valence-electron chi connectivity index (χ0n) is 16.8. The maximum Gasteiger partial charge on any atom is -0.000434 e. The molecule has 0 amide bonds. The normalized spacial score (nSPS) is 13.6. The van der Waals surface area contributed by atoms with Gasteiger partial charge in [-0.05, 0) is 98.2 Å². The van der Waals surface area contributed by atoms with Gasteiger partial charge in [0.15, 0.2) is 0 Å². The molecule has 0 spiro atoms. The van der Waals surface area contributed by atoms with Gasteiger partial charge in [-0.2, -0.15) is 0 Å². The number of benzene rings is 4. The minimum absolute atomic E-state index is 0.562. The van der Waals surface area contributed by atoms with Crippen LogP contribution < -0.4 is 0 Å². The molecule has 136 valence electrons. The molecule has 0 atom stereocenters. The van der Waals surface area contributed by atoms with Crippen LogP contribution in [0.4, 0.5) is 0 Å². The number of hydrogen-bond acceptors (Lipinski definition) is 0. The lowest BCUT2D eigenvalue weighted by atomic mass is 9.89. The van der Waals surface area contributed by atoms with Crippen molar-refractivity contribution in [2.45, 2.75) is 39.5 Å². The summed E-state index contributed by atoms with van der Waals surface area (Å²) >= 11 is 0. The Labute approximate surface area is 166 Å². The van der Waals surface area contributed by atoms with E-state index in [1.807, 2.05) is 0 Å². The summed E-state index contributed by atoms with van der Waals surface area (Å²) < 4.78 is 0. The van der Waals surface area contributed by atoms with Gasteiger partial charge in [0, 0.05) is 0 Å². The first kappa shape index (κ1) is 16.1. The van der Waals surface area contributed by atoms with Crippen LogP contribution in [-0.4, -0.2) is 0 Å². The van der Waals surface area contributed by atoms with E-state index in [1.54, 1.807) is 11.1 Å². The molecule has 0 nitrogen and oxygen atoms in total. The van der Waals surface area contributed by atoms with E-state index in [-0.39, 0.29) is 0 Å². The summed E-state index contributed by atoms with van der Waals surface area (Å²) in [7, 11) is 0. The van der Waals surface area contributed by atoms with Crippen LogP contribution in [-0.2, 0) is 12.8 Å². The Morgan fingerprint density at radius 1 is 0.679 bits per heavy atom. The third kappa shape index (κ3) is 2.06.